The van der Waals surface area contributed by atoms with Crippen LogP contribution in [-0.2, 0) is 14.2 Å². The molecular weight excluding hydrogens is 318 g/mol. The van der Waals surface area contributed by atoms with Crippen molar-refractivity contribution in [3.05, 3.63) is 0 Å². The first-order chi connectivity index (χ1) is 9.35. The Kier molecular flexibility index (Phi) is 2.76. The fourth-order valence-corrected chi connectivity index (χ4v) is 2.96. The minimum Gasteiger partial charge on any atom is -0.387 e. The minimum atomic E-state index is -5.66. The monoisotopic (exact) mass is 326 g/mol. The summed E-state index contributed by atoms with van der Waals surface area (Å²) < 4.78 is 91.5. The third-order valence-electron chi connectivity index (χ3n) is 3.96. The zero-order valence-corrected chi connectivity index (χ0v) is 9.72. The van der Waals surface area contributed by atoms with Gasteiger partial charge in [0.1, 0.15) is 24.4 Å². The maximum atomic E-state index is 13.1. The zero-order chi connectivity index (χ0) is 16.0. The van der Waals surface area contributed by atoms with Crippen molar-refractivity contribution in [2.45, 2.75) is 54.4 Å². The van der Waals surface area contributed by atoms with E-state index in [1.165, 1.54) is 0 Å². The first-order valence-electron chi connectivity index (χ1n) is 5.57. The topological polar surface area (TPSA) is 88.4 Å². The van der Waals surface area contributed by atoms with Gasteiger partial charge in [-0.1, -0.05) is 0 Å². The second-order valence-corrected chi connectivity index (χ2v) is 5.05. The van der Waals surface area contributed by atoms with Crippen LogP contribution in [0.1, 0.15) is 0 Å². The van der Waals surface area contributed by atoms with Gasteiger partial charge in [0.2, 0.25) is 11.2 Å². The van der Waals surface area contributed by atoms with Gasteiger partial charge in [0.05, 0.1) is 0 Å². The number of alkyl halides is 6. The first-order valence-corrected chi connectivity index (χ1v) is 5.57. The summed E-state index contributed by atoms with van der Waals surface area (Å²) in [6.07, 6.45) is -22.0. The average molecular weight is 326 g/mol. The van der Waals surface area contributed by atoms with Crippen molar-refractivity contribution >= 4 is 0 Å². The van der Waals surface area contributed by atoms with E-state index in [1.807, 2.05) is 0 Å². The molecule has 4 fully saturated rings. The number of halogens is 6. The number of aliphatic hydroxyl groups excluding tert-OH is 1. The van der Waals surface area contributed by atoms with E-state index in [9.17, 15) is 41.7 Å². The van der Waals surface area contributed by atoms with Gasteiger partial charge in [-0.25, -0.2) is 0 Å². The van der Waals surface area contributed by atoms with Crippen molar-refractivity contribution in [3.8, 4) is 0 Å². The van der Waals surface area contributed by atoms with E-state index in [0.717, 1.165) is 0 Å². The Balaban J connectivity index is 2.19. The smallest absolute Gasteiger partial charge is 0.387 e. The molecule has 7 atom stereocenters. The molecule has 4 rings (SSSR count). The average Bonchev–Trinajstić information content (AvgIpc) is 2.31. The second kappa shape index (κ2) is 3.81. The quantitative estimate of drug-likeness (QED) is 0.516. The molecular formula is C9H8F6O6. The lowest BCUT2D eigenvalue weighted by atomic mass is 9.65. The molecule has 0 amide bonds. The van der Waals surface area contributed by atoms with Gasteiger partial charge in [-0.3, -0.25) is 0 Å². The predicted octanol–water partition coefficient (Wildman–Crippen LogP) is -0.586. The van der Waals surface area contributed by atoms with E-state index in [1.54, 1.807) is 0 Å². The van der Waals surface area contributed by atoms with E-state index < -0.39 is 54.4 Å². The summed E-state index contributed by atoms with van der Waals surface area (Å²) in [6.45, 7) is -1.95. The molecule has 6 nitrogen and oxygen atoms in total. The third kappa shape index (κ3) is 1.55. The third-order valence-corrected chi connectivity index (χ3v) is 3.96. The highest BCUT2D eigenvalue weighted by Gasteiger charge is 2.86. The highest BCUT2D eigenvalue weighted by Crippen LogP contribution is 2.58. The molecule has 0 aromatic rings. The lowest BCUT2D eigenvalue weighted by molar-refractivity contribution is -0.559. The second-order valence-electron chi connectivity index (χ2n) is 5.05. The summed E-state index contributed by atoms with van der Waals surface area (Å²) in [7, 11) is 0. The fraction of sp³-hybridized carbons (Fsp3) is 1.00. The van der Waals surface area contributed by atoms with Gasteiger partial charge < -0.3 is 29.5 Å². The Hall–Kier alpha value is -0.660. The summed E-state index contributed by atoms with van der Waals surface area (Å²) in [5, 5.41) is 29.1. The Morgan fingerprint density at radius 3 is 1.48 bits per heavy atom. The molecule has 3 saturated heterocycles. The fourth-order valence-electron chi connectivity index (χ4n) is 2.96. The van der Waals surface area contributed by atoms with Crippen LogP contribution in [0.2, 0.25) is 0 Å². The summed E-state index contributed by atoms with van der Waals surface area (Å²) in [5.41, 5.74) is -8.49. The molecule has 3 N–H and O–H groups in total. The maximum Gasteiger partial charge on any atom is 0.422 e. The Morgan fingerprint density at radius 2 is 1.14 bits per heavy atom. The van der Waals surface area contributed by atoms with E-state index in [4.69, 9.17) is 0 Å². The normalized spacial score (nSPS) is 53.3. The van der Waals surface area contributed by atoms with Gasteiger partial charge in [-0.2, -0.15) is 26.3 Å². The summed E-state index contributed by atoms with van der Waals surface area (Å²) in [6, 6.07) is 0. The van der Waals surface area contributed by atoms with Gasteiger partial charge in [-0.05, 0) is 0 Å². The van der Waals surface area contributed by atoms with E-state index in [2.05, 4.69) is 14.2 Å². The zero-order valence-electron chi connectivity index (χ0n) is 9.72. The Labute approximate surface area is 111 Å². The highest BCUT2D eigenvalue weighted by atomic mass is 19.4. The molecule has 3 unspecified atom stereocenters. The Bertz CT molecular complexity index is 429. The van der Waals surface area contributed by atoms with Crippen molar-refractivity contribution in [3.63, 3.8) is 0 Å². The van der Waals surface area contributed by atoms with Crippen LogP contribution in [0, 0.1) is 0 Å². The van der Waals surface area contributed by atoms with Crippen molar-refractivity contribution < 1.29 is 55.9 Å². The summed E-state index contributed by atoms with van der Waals surface area (Å²) >= 11 is 0. The van der Waals surface area contributed by atoms with Gasteiger partial charge in [-0.15, -0.1) is 0 Å². The van der Waals surface area contributed by atoms with Crippen LogP contribution in [0.4, 0.5) is 26.3 Å². The SMILES string of the molecule is OC1[C@H]2OC3OC([C@]2(O)C(F)(F)F)[C@@](O)(C(F)(F)F)[C@H]1O3. The molecule has 0 aromatic carbocycles. The predicted molar refractivity (Wildman–Crippen MR) is 46.4 cm³/mol. The van der Waals surface area contributed by atoms with Crippen molar-refractivity contribution in [2.24, 2.45) is 0 Å². The lowest BCUT2D eigenvalue weighted by Gasteiger charge is -2.64. The van der Waals surface area contributed by atoms with Crippen LogP contribution in [0.3, 0.4) is 0 Å². The van der Waals surface area contributed by atoms with Crippen LogP contribution in [-0.4, -0.2) is 69.8 Å². The standard InChI is InChI=1S/C9H8F6O6/c10-8(11,12)6(17)2-1(16)3-7(18,9(13,14)15)4(6)21-5(19-2)20-3/h1-5,16-18H/t1?,2-,3+,4?,5?,6+,7-. The molecule has 1 saturated carbocycles. The van der Waals surface area contributed by atoms with Crippen LogP contribution in [0.5, 0.6) is 0 Å². The van der Waals surface area contributed by atoms with Gasteiger partial charge in [0.25, 0.3) is 6.48 Å². The first kappa shape index (κ1) is 15.2. The van der Waals surface area contributed by atoms with Crippen LogP contribution in [0.15, 0.2) is 0 Å². The summed E-state index contributed by atoms with van der Waals surface area (Å²) in [5.74, 6) is 0. The van der Waals surface area contributed by atoms with Crippen LogP contribution in [0.25, 0.3) is 0 Å². The number of aliphatic hydroxyl groups is 3. The number of rotatable bonds is 0. The molecule has 4 aliphatic rings. The molecule has 0 aromatic heterocycles. The summed E-state index contributed by atoms with van der Waals surface area (Å²) in [4.78, 5) is 0. The van der Waals surface area contributed by atoms with E-state index in [0.29, 0.717) is 0 Å². The molecule has 3 aliphatic heterocycles. The van der Waals surface area contributed by atoms with E-state index in [-0.39, 0.29) is 0 Å². The Morgan fingerprint density at radius 1 is 0.762 bits per heavy atom. The number of hydrogen-bond donors (Lipinski definition) is 3. The molecule has 21 heavy (non-hydrogen) atoms. The molecule has 3 heterocycles. The molecule has 0 spiro atoms. The van der Waals surface area contributed by atoms with Crippen LogP contribution < -0.4 is 0 Å². The number of hydrogen-bond acceptors (Lipinski definition) is 6. The van der Waals surface area contributed by atoms with E-state index >= 15 is 0 Å². The molecule has 4 bridgehead atoms. The van der Waals surface area contributed by atoms with Gasteiger partial charge >= 0.3 is 12.4 Å². The van der Waals surface area contributed by atoms with Crippen molar-refractivity contribution in [1.29, 1.82) is 0 Å². The molecule has 12 heteroatoms. The lowest BCUT2D eigenvalue weighted by Crippen LogP contribution is -2.90. The highest BCUT2D eigenvalue weighted by molar-refractivity contribution is 5.24. The van der Waals surface area contributed by atoms with Crippen molar-refractivity contribution in [1.82, 2.24) is 0 Å². The van der Waals surface area contributed by atoms with Gasteiger partial charge in [0.15, 0.2) is 0 Å². The van der Waals surface area contributed by atoms with Gasteiger partial charge in [0, 0.05) is 0 Å². The maximum absolute atomic E-state index is 13.1. The number of ether oxygens (including phenoxy) is 3. The molecule has 122 valence electrons. The largest absolute Gasteiger partial charge is 0.422 e. The minimum absolute atomic E-state index is 1.95. The molecule has 1 aliphatic carbocycles. The van der Waals surface area contributed by atoms with Crippen molar-refractivity contribution in [2.75, 3.05) is 0 Å². The van der Waals surface area contributed by atoms with Crippen LogP contribution >= 0.6 is 0 Å². The molecule has 0 radical (unpaired) electrons.